The van der Waals surface area contributed by atoms with Gasteiger partial charge >= 0.3 is 5.97 Å². The molecule has 0 amide bonds. The summed E-state index contributed by atoms with van der Waals surface area (Å²) in [6, 6.07) is 17.0. The fourth-order valence-corrected chi connectivity index (χ4v) is 2.21. The van der Waals surface area contributed by atoms with Crippen LogP contribution in [0.2, 0.25) is 0 Å². The van der Waals surface area contributed by atoms with Gasteiger partial charge in [0, 0.05) is 5.56 Å². The Morgan fingerprint density at radius 1 is 1.00 bits per heavy atom. The molecule has 0 fully saturated rings. The minimum atomic E-state index is -1.98. The van der Waals surface area contributed by atoms with Crippen molar-refractivity contribution in [3.05, 3.63) is 71.8 Å². The summed E-state index contributed by atoms with van der Waals surface area (Å²) in [6.45, 7) is 1.79. The lowest BCUT2D eigenvalue weighted by Gasteiger charge is -2.25. The van der Waals surface area contributed by atoms with Crippen molar-refractivity contribution in [2.75, 3.05) is 6.61 Å². The van der Waals surface area contributed by atoms with Crippen LogP contribution in [-0.4, -0.2) is 23.5 Å². The van der Waals surface area contributed by atoms with Crippen LogP contribution in [0.15, 0.2) is 60.7 Å². The minimum absolute atomic E-state index is 0.132. The molecule has 0 bridgehead atoms. The first kappa shape index (κ1) is 15.9. The molecular formula is C18H18O4. The Balaban J connectivity index is 2.33. The van der Waals surface area contributed by atoms with E-state index in [1.807, 2.05) is 0 Å². The van der Waals surface area contributed by atoms with E-state index in [0.29, 0.717) is 11.1 Å². The molecule has 0 saturated carbocycles. The monoisotopic (exact) mass is 298 g/mol. The Morgan fingerprint density at radius 3 is 2.09 bits per heavy atom. The third-order valence-corrected chi connectivity index (χ3v) is 3.38. The third-order valence-electron chi connectivity index (χ3n) is 3.38. The molecule has 0 aliphatic rings. The number of ether oxygens (including phenoxy) is 1. The van der Waals surface area contributed by atoms with Gasteiger partial charge in [0.2, 0.25) is 0 Å². The quantitative estimate of drug-likeness (QED) is 0.658. The van der Waals surface area contributed by atoms with Crippen LogP contribution in [0.5, 0.6) is 0 Å². The molecule has 0 aliphatic heterocycles. The Labute approximate surface area is 129 Å². The van der Waals surface area contributed by atoms with E-state index in [1.165, 1.54) is 0 Å². The van der Waals surface area contributed by atoms with Crippen LogP contribution in [0.3, 0.4) is 0 Å². The number of ketones is 1. The highest BCUT2D eigenvalue weighted by atomic mass is 16.5. The number of Topliss-reactive ketones (excluding diaryl/α,β-unsaturated/α-hetero) is 1. The van der Waals surface area contributed by atoms with Gasteiger partial charge in [0.25, 0.3) is 0 Å². The first-order valence-corrected chi connectivity index (χ1v) is 7.11. The van der Waals surface area contributed by atoms with Crippen LogP contribution in [0.1, 0.15) is 29.3 Å². The normalized spacial score (nSPS) is 13.2. The van der Waals surface area contributed by atoms with Crippen molar-refractivity contribution < 1.29 is 19.4 Å². The number of rotatable bonds is 6. The number of benzene rings is 2. The van der Waals surface area contributed by atoms with E-state index in [0.717, 1.165) is 0 Å². The van der Waals surface area contributed by atoms with E-state index < -0.39 is 11.6 Å². The average Bonchev–Trinajstić information content (AvgIpc) is 2.56. The Bertz CT molecular complexity index is 637. The van der Waals surface area contributed by atoms with E-state index >= 15 is 0 Å². The van der Waals surface area contributed by atoms with Crippen LogP contribution in [0, 0.1) is 0 Å². The topological polar surface area (TPSA) is 63.6 Å². The van der Waals surface area contributed by atoms with Crippen molar-refractivity contribution in [3.8, 4) is 0 Å². The van der Waals surface area contributed by atoms with Crippen molar-refractivity contribution in [1.29, 1.82) is 0 Å². The fraction of sp³-hybridized carbons (Fsp3) is 0.222. The van der Waals surface area contributed by atoms with E-state index in [9.17, 15) is 14.7 Å². The number of hydrogen-bond donors (Lipinski definition) is 1. The van der Waals surface area contributed by atoms with Gasteiger partial charge in [0.15, 0.2) is 11.4 Å². The van der Waals surface area contributed by atoms with Crippen molar-refractivity contribution in [2.24, 2.45) is 0 Å². The van der Waals surface area contributed by atoms with Gasteiger partial charge in [-0.2, -0.15) is 0 Å². The molecule has 0 aromatic heterocycles. The number of carbonyl (C=O) groups excluding carboxylic acids is 2. The largest absolute Gasteiger partial charge is 0.464 e. The van der Waals surface area contributed by atoms with Gasteiger partial charge < -0.3 is 9.84 Å². The Kier molecular flexibility index (Phi) is 5.07. The SMILES string of the molecule is CCOC(=O)[C@](O)(CC(=O)c1ccccc1)c1ccccc1. The van der Waals surface area contributed by atoms with E-state index in [4.69, 9.17) is 4.74 Å². The third kappa shape index (κ3) is 3.40. The van der Waals surface area contributed by atoms with Crippen LogP contribution in [0.25, 0.3) is 0 Å². The summed E-state index contributed by atoms with van der Waals surface area (Å²) in [5.74, 6) is -1.13. The molecule has 0 radical (unpaired) electrons. The summed E-state index contributed by atoms with van der Waals surface area (Å²) < 4.78 is 4.96. The highest BCUT2D eigenvalue weighted by Crippen LogP contribution is 2.28. The van der Waals surface area contributed by atoms with Gasteiger partial charge in [0.1, 0.15) is 0 Å². The molecule has 22 heavy (non-hydrogen) atoms. The lowest BCUT2D eigenvalue weighted by Crippen LogP contribution is -2.39. The fourth-order valence-electron chi connectivity index (χ4n) is 2.21. The zero-order chi connectivity index (χ0) is 16.0. The number of hydrogen-bond acceptors (Lipinski definition) is 4. The summed E-state index contributed by atoms with van der Waals surface area (Å²) in [5.41, 5.74) is -1.19. The number of carbonyl (C=O) groups is 2. The molecule has 4 nitrogen and oxygen atoms in total. The maximum absolute atomic E-state index is 12.4. The van der Waals surface area contributed by atoms with E-state index in [2.05, 4.69) is 0 Å². The molecule has 0 spiro atoms. The van der Waals surface area contributed by atoms with Crippen molar-refractivity contribution in [1.82, 2.24) is 0 Å². The minimum Gasteiger partial charge on any atom is -0.464 e. The molecule has 2 rings (SSSR count). The zero-order valence-electron chi connectivity index (χ0n) is 12.4. The molecule has 4 heteroatoms. The summed E-state index contributed by atoms with van der Waals surface area (Å²) in [5, 5.41) is 10.8. The Hall–Kier alpha value is -2.46. The molecule has 0 heterocycles. The first-order chi connectivity index (χ1) is 10.6. The smallest absolute Gasteiger partial charge is 0.343 e. The molecule has 2 aromatic rings. The predicted molar refractivity (Wildman–Crippen MR) is 82.4 cm³/mol. The lowest BCUT2D eigenvalue weighted by atomic mass is 9.87. The van der Waals surface area contributed by atoms with Gasteiger partial charge in [-0.05, 0) is 12.5 Å². The number of aliphatic hydroxyl groups is 1. The van der Waals surface area contributed by atoms with E-state index in [1.54, 1.807) is 67.6 Å². The second-order valence-electron chi connectivity index (χ2n) is 4.91. The van der Waals surface area contributed by atoms with Gasteiger partial charge in [0.05, 0.1) is 13.0 Å². The van der Waals surface area contributed by atoms with E-state index in [-0.39, 0.29) is 18.8 Å². The highest BCUT2D eigenvalue weighted by Gasteiger charge is 2.41. The second kappa shape index (κ2) is 7.00. The van der Waals surface area contributed by atoms with Gasteiger partial charge in [-0.1, -0.05) is 60.7 Å². The maximum atomic E-state index is 12.4. The van der Waals surface area contributed by atoms with Gasteiger partial charge in [-0.3, -0.25) is 4.79 Å². The lowest BCUT2D eigenvalue weighted by molar-refractivity contribution is -0.166. The molecule has 2 aromatic carbocycles. The van der Waals surface area contributed by atoms with Crippen molar-refractivity contribution in [3.63, 3.8) is 0 Å². The highest BCUT2D eigenvalue weighted by molar-refractivity contribution is 6.00. The molecular weight excluding hydrogens is 280 g/mol. The summed E-state index contributed by atoms with van der Waals surface area (Å²) in [6.07, 6.45) is -0.361. The van der Waals surface area contributed by atoms with Crippen LogP contribution < -0.4 is 0 Å². The van der Waals surface area contributed by atoms with Crippen molar-refractivity contribution in [2.45, 2.75) is 18.9 Å². The zero-order valence-corrected chi connectivity index (χ0v) is 12.4. The molecule has 1 N–H and O–H groups in total. The van der Waals surface area contributed by atoms with Crippen LogP contribution in [0.4, 0.5) is 0 Å². The molecule has 114 valence electrons. The summed E-state index contributed by atoms with van der Waals surface area (Å²) in [4.78, 5) is 24.6. The first-order valence-electron chi connectivity index (χ1n) is 7.11. The maximum Gasteiger partial charge on any atom is 0.343 e. The second-order valence-corrected chi connectivity index (χ2v) is 4.91. The standard InChI is InChI=1S/C18H18O4/c1-2-22-17(20)18(21,15-11-7-4-8-12-15)13-16(19)14-9-5-3-6-10-14/h3-12,21H,2,13H2,1H3/t18-/m0/s1. The van der Waals surface area contributed by atoms with Crippen LogP contribution in [-0.2, 0) is 15.1 Å². The summed E-state index contributed by atoms with van der Waals surface area (Å²) in [7, 11) is 0. The molecule has 1 atom stereocenters. The number of esters is 1. The Morgan fingerprint density at radius 2 is 1.55 bits per heavy atom. The predicted octanol–water partition coefficient (Wildman–Crippen LogP) is 2.71. The molecule has 0 unspecified atom stereocenters. The molecule has 0 saturated heterocycles. The average molecular weight is 298 g/mol. The van der Waals surface area contributed by atoms with Gasteiger partial charge in [-0.15, -0.1) is 0 Å². The summed E-state index contributed by atoms with van der Waals surface area (Å²) >= 11 is 0. The van der Waals surface area contributed by atoms with Crippen molar-refractivity contribution >= 4 is 11.8 Å². The van der Waals surface area contributed by atoms with Crippen LogP contribution >= 0.6 is 0 Å². The van der Waals surface area contributed by atoms with Gasteiger partial charge in [-0.25, -0.2) is 4.79 Å². The molecule has 0 aliphatic carbocycles.